The van der Waals surface area contributed by atoms with Gasteiger partial charge in [0, 0.05) is 31.9 Å². The van der Waals surface area contributed by atoms with E-state index >= 15 is 0 Å². The van der Waals surface area contributed by atoms with Crippen molar-refractivity contribution in [2.45, 2.75) is 31.4 Å². The molecule has 3 rings (SSSR count). The summed E-state index contributed by atoms with van der Waals surface area (Å²) in [6, 6.07) is 2.01. The number of nitrogens with zero attached hydrogens (tertiary/aromatic N) is 3. The molecule has 1 aliphatic heterocycles. The van der Waals surface area contributed by atoms with Crippen LogP contribution in [0.25, 0.3) is 0 Å². The molecule has 0 bridgehead atoms. The van der Waals surface area contributed by atoms with Gasteiger partial charge < -0.3 is 15.0 Å². The van der Waals surface area contributed by atoms with E-state index in [1.54, 1.807) is 19.4 Å². The Morgan fingerprint density at radius 1 is 1.38 bits per heavy atom. The SMILES string of the molecule is CNC(=O)[C@H]1CC[C@H]2OCCN(c3ncccn3)[C@@H]2C1.Cl. The van der Waals surface area contributed by atoms with E-state index in [9.17, 15) is 4.79 Å². The van der Waals surface area contributed by atoms with Crippen molar-refractivity contribution in [1.82, 2.24) is 15.3 Å². The molecule has 7 heteroatoms. The highest BCUT2D eigenvalue weighted by atomic mass is 35.5. The lowest BCUT2D eigenvalue weighted by atomic mass is 9.81. The molecule has 1 N–H and O–H groups in total. The second kappa shape index (κ2) is 7.04. The monoisotopic (exact) mass is 312 g/mol. The number of hydrogen-bond donors (Lipinski definition) is 1. The zero-order valence-corrected chi connectivity index (χ0v) is 12.9. The van der Waals surface area contributed by atoms with Crippen LogP contribution in [0.3, 0.4) is 0 Å². The third-order valence-corrected chi connectivity index (χ3v) is 4.25. The van der Waals surface area contributed by atoms with Gasteiger partial charge in [0.1, 0.15) is 0 Å². The summed E-state index contributed by atoms with van der Waals surface area (Å²) in [5.41, 5.74) is 0. The van der Waals surface area contributed by atoms with Gasteiger partial charge in [0.05, 0.1) is 18.8 Å². The Morgan fingerprint density at radius 2 is 2.14 bits per heavy atom. The first kappa shape index (κ1) is 16.0. The minimum absolute atomic E-state index is 0. The van der Waals surface area contributed by atoms with Gasteiger partial charge in [-0.1, -0.05) is 0 Å². The molecule has 6 nitrogen and oxygen atoms in total. The average Bonchev–Trinajstić information content (AvgIpc) is 2.54. The van der Waals surface area contributed by atoms with Crippen molar-refractivity contribution in [2.24, 2.45) is 5.92 Å². The van der Waals surface area contributed by atoms with Crippen LogP contribution in [0.1, 0.15) is 19.3 Å². The smallest absolute Gasteiger partial charge is 0.225 e. The Labute approximate surface area is 130 Å². The number of hydrogen-bond acceptors (Lipinski definition) is 5. The van der Waals surface area contributed by atoms with Crippen LogP contribution in [-0.4, -0.2) is 48.2 Å². The van der Waals surface area contributed by atoms with Gasteiger partial charge in [-0.05, 0) is 25.3 Å². The molecule has 1 saturated carbocycles. The Morgan fingerprint density at radius 3 is 2.86 bits per heavy atom. The molecule has 3 atom stereocenters. The summed E-state index contributed by atoms with van der Waals surface area (Å²) in [5.74, 6) is 0.931. The van der Waals surface area contributed by atoms with E-state index in [2.05, 4.69) is 20.2 Å². The number of carbonyl (C=O) groups excluding carboxylic acids is 1. The quantitative estimate of drug-likeness (QED) is 0.883. The molecule has 1 aromatic heterocycles. The highest BCUT2D eigenvalue weighted by Gasteiger charge is 2.40. The molecule has 1 aromatic rings. The number of carbonyl (C=O) groups is 1. The number of amides is 1. The summed E-state index contributed by atoms with van der Waals surface area (Å²) >= 11 is 0. The van der Waals surface area contributed by atoms with Crippen molar-refractivity contribution in [1.29, 1.82) is 0 Å². The summed E-state index contributed by atoms with van der Waals surface area (Å²) in [6.07, 6.45) is 6.32. The molecule has 1 amide bonds. The van der Waals surface area contributed by atoms with E-state index < -0.39 is 0 Å². The highest BCUT2D eigenvalue weighted by Crippen LogP contribution is 2.33. The Hall–Kier alpha value is -1.40. The Balaban J connectivity index is 0.00000161. The van der Waals surface area contributed by atoms with Gasteiger partial charge in [0.15, 0.2) is 0 Å². The highest BCUT2D eigenvalue weighted by molar-refractivity contribution is 5.85. The van der Waals surface area contributed by atoms with Crippen LogP contribution < -0.4 is 10.2 Å². The van der Waals surface area contributed by atoms with Crippen molar-refractivity contribution < 1.29 is 9.53 Å². The molecule has 2 aliphatic rings. The van der Waals surface area contributed by atoms with Gasteiger partial charge in [0.25, 0.3) is 0 Å². The largest absolute Gasteiger partial charge is 0.374 e. The van der Waals surface area contributed by atoms with E-state index in [4.69, 9.17) is 4.74 Å². The summed E-state index contributed by atoms with van der Waals surface area (Å²) in [6.45, 7) is 1.48. The summed E-state index contributed by atoms with van der Waals surface area (Å²) in [4.78, 5) is 22.8. The third-order valence-electron chi connectivity index (χ3n) is 4.25. The van der Waals surface area contributed by atoms with Gasteiger partial charge in [0.2, 0.25) is 11.9 Å². The van der Waals surface area contributed by atoms with Gasteiger partial charge in [-0.2, -0.15) is 0 Å². The summed E-state index contributed by atoms with van der Waals surface area (Å²) in [7, 11) is 1.70. The summed E-state index contributed by atoms with van der Waals surface area (Å²) in [5, 5.41) is 2.76. The number of fused-ring (bicyclic) bond motifs is 1. The van der Waals surface area contributed by atoms with Crippen molar-refractivity contribution in [3.8, 4) is 0 Å². The summed E-state index contributed by atoms with van der Waals surface area (Å²) < 4.78 is 5.87. The van der Waals surface area contributed by atoms with Crippen LogP contribution in [-0.2, 0) is 9.53 Å². The number of morpholine rings is 1. The maximum absolute atomic E-state index is 11.9. The minimum Gasteiger partial charge on any atom is -0.374 e. The molecule has 1 saturated heterocycles. The first-order valence-corrected chi connectivity index (χ1v) is 7.16. The predicted octanol–water partition coefficient (Wildman–Crippen LogP) is 1.02. The number of anilines is 1. The molecule has 116 valence electrons. The second-order valence-electron chi connectivity index (χ2n) is 5.34. The molecule has 0 radical (unpaired) electrons. The van der Waals surface area contributed by atoms with Gasteiger partial charge in [-0.3, -0.25) is 4.79 Å². The zero-order chi connectivity index (χ0) is 13.9. The molecule has 0 unspecified atom stereocenters. The van der Waals surface area contributed by atoms with Crippen LogP contribution in [0.5, 0.6) is 0 Å². The number of aromatic nitrogens is 2. The van der Waals surface area contributed by atoms with Crippen molar-refractivity contribution in [3.05, 3.63) is 18.5 Å². The first-order chi connectivity index (χ1) is 9.79. The molecule has 2 heterocycles. The topological polar surface area (TPSA) is 67.3 Å². The van der Waals surface area contributed by atoms with Crippen LogP contribution >= 0.6 is 12.4 Å². The third kappa shape index (κ3) is 3.27. The van der Waals surface area contributed by atoms with Gasteiger partial charge in [-0.15, -0.1) is 12.4 Å². The maximum atomic E-state index is 11.9. The van der Waals surface area contributed by atoms with Gasteiger partial charge >= 0.3 is 0 Å². The van der Waals surface area contributed by atoms with Gasteiger partial charge in [-0.25, -0.2) is 9.97 Å². The first-order valence-electron chi connectivity index (χ1n) is 7.16. The standard InChI is InChI=1S/C14H20N4O2.ClH/c1-15-13(19)10-3-4-12-11(9-10)18(7-8-20-12)14-16-5-2-6-17-14;/h2,5-6,10-12H,3-4,7-9H2,1H3,(H,15,19);1H/t10-,11+,12+;/m0./s1. The van der Waals surface area contributed by atoms with E-state index in [1.807, 2.05) is 6.07 Å². The average molecular weight is 313 g/mol. The van der Waals surface area contributed by atoms with E-state index in [0.717, 1.165) is 31.8 Å². The van der Waals surface area contributed by atoms with E-state index in [-0.39, 0.29) is 36.4 Å². The number of rotatable bonds is 2. The minimum atomic E-state index is 0. The van der Waals surface area contributed by atoms with Crippen LogP contribution in [0, 0.1) is 5.92 Å². The predicted molar refractivity (Wildman–Crippen MR) is 81.6 cm³/mol. The lowest BCUT2D eigenvalue weighted by molar-refractivity contribution is -0.127. The van der Waals surface area contributed by atoms with E-state index in [0.29, 0.717) is 6.61 Å². The number of halogens is 1. The molecule has 1 aliphatic carbocycles. The lowest BCUT2D eigenvalue weighted by Crippen LogP contribution is -2.56. The van der Waals surface area contributed by atoms with Crippen molar-refractivity contribution in [2.75, 3.05) is 25.1 Å². The fourth-order valence-corrected chi connectivity index (χ4v) is 3.24. The lowest BCUT2D eigenvalue weighted by Gasteiger charge is -2.45. The molecular formula is C14H21ClN4O2. The zero-order valence-electron chi connectivity index (χ0n) is 12.1. The fraction of sp³-hybridized carbons (Fsp3) is 0.643. The van der Waals surface area contributed by atoms with E-state index in [1.165, 1.54) is 0 Å². The molecule has 0 spiro atoms. The molecular weight excluding hydrogens is 292 g/mol. The Kier molecular flexibility index (Phi) is 5.36. The van der Waals surface area contributed by atoms with Crippen LogP contribution in [0.4, 0.5) is 5.95 Å². The van der Waals surface area contributed by atoms with Crippen molar-refractivity contribution >= 4 is 24.3 Å². The second-order valence-corrected chi connectivity index (χ2v) is 5.34. The number of nitrogens with one attached hydrogen (secondary N) is 1. The van der Waals surface area contributed by atoms with Crippen LogP contribution in [0.15, 0.2) is 18.5 Å². The Bertz CT molecular complexity index is 473. The van der Waals surface area contributed by atoms with Crippen molar-refractivity contribution in [3.63, 3.8) is 0 Å². The molecule has 0 aromatic carbocycles. The molecule has 21 heavy (non-hydrogen) atoms. The maximum Gasteiger partial charge on any atom is 0.225 e. The van der Waals surface area contributed by atoms with Crippen LogP contribution in [0.2, 0.25) is 0 Å². The fourth-order valence-electron chi connectivity index (χ4n) is 3.24. The normalized spacial score (nSPS) is 28.2. The number of ether oxygens (including phenoxy) is 1. The molecule has 2 fully saturated rings.